The lowest BCUT2D eigenvalue weighted by atomic mass is 9.70. The third-order valence-electron chi connectivity index (χ3n) is 13.0. The number of aromatic nitrogens is 3. The van der Waals surface area contributed by atoms with E-state index < -0.39 is 5.41 Å². The molecule has 0 amide bonds. The van der Waals surface area contributed by atoms with Gasteiger partial charge in [-0.25, -0.2) is 9.97 Å². The summed E-state index contributed by atoms with van der Waals surface area (Å²) in [6, 6.07) is 77.2. The number of benzene rings is 9. The summed E-state index contributed by atoms with van der Waals surface area (Å²) in [5, 5.41) is 5.03. The van der Waals surface area contributed by atoms with Crippen molar-refractivity contribution in [1.29, 1.82) is 0 Å². The van der Waals surface area contributed by atoms with Crippen molar-refractivity contribution >= 4 is 32.6 Å². The number of para-hydroxylation sites is 2. The highest BCUT2D eigenvalue weighted by molar-refractivity contribution is 6.09. The second-order valence-corrected chi connectivity index (χ2v) is 16.1. The van der Waals surface area contributed by atoms with Crippen LogP contribution in [-0.2, 0) is 5.41 Å². The van der Waals surface area contributed by atoms with Crippen molar-refractivity contribution in [2.75, 3.05) is 0 Å². The van der Waals surface area contributed by atoms with Gasteiger partial charge in [-0.3, -0.25) is 0 Å². The highest BCUT2D eigenvalue weighted by atomic mass is 15.0. The van der Waals surface area contributed by atoms with E-state index >= 15 is 0 Å². The predicted octanol–water partition coefficient (Wildman–Crippen LogP) is 14.1. The first kappa shape index (κ1) is 33.1. The Hall–Kier alpha value is -7.88. The first-order chi connectivity index (χ1) is 29.8. The van der Waals surface area contributed by atoms with Crippen molar-refractivity contribution in [3.8, 4) is 61.8 Å². The molecule has 2 aromatic heterocycles. The van der Waals surface area contributed by atoms with E-state index in [2.05, 4.69) is 217 Å². The molecule has 0 aliphatic heterocycles. The van der Waals surface area contributed by atoms with Crippen LogP contribution in [0.3, 0.4) is 0 Å². The third kappa shape index (κ3) is 4.54. The number of hydrogen-bond acceptors (Lipinski definition) is 2. The molecular weight excluding hydrogens is 727 g/mol. The van der Waals surface area contributed by atoms with Gasteiger partial charge in [0.05, 0.1) is 27.8 Å². The highest BCUT2D eigenvalue weighted by Crippen LogP contribution is 2.64. The lowest BCUT2D eigenvalue weighted by Gasteiger charge is -2.30. The van der Waals surface area contributed by atoms with E-state index in [4.69, 9.17) is 9.97 Å². The molecule has 13 rings (SSSR count). The molecule has 0 saturated carbocycles. The molecule has 0 radical (unpaired) electrons. The van der Waals surface area contributed by atoms with Crippen LogP contribution in [-0.4, -0.2) is 14.5 Å². The zero-order chi connectivity index (χ0) is 39.4. The fraction of sp³-hybridized carbons (Fsp3) is 0.0175. The van der Waals surface area contributed by atoms with Crippen LogP contribution in [0.15, 0.2) is 212 Å². The van der Waals surface area contributed by atoms with Gasteiger partial charge in [0.2, 0.25) is 0 Å². The van der Waals surface area contributed by atoms with Gasteiger partial charge >= 0.3 is 0 Å². The van der Waals surface area contributed by atoms with Gasteiger partial charge < -0.3 is 4.57 Å². The molecule has 9 aromatic carbocycles. The van der Waals surface area contributed by atoms with E-state index in [9.17, 15) is 0 Å². The maximum atomic E-state index is 5.40. The van der Waals surface area contributed by atoms with E-state index in [1.54, 1.807) is 0 Å². The molecule has 3 nitrogen and oxygen atoms in total. The lowest BCUT2D eigenvalue weighted by molar-refractivity contribution is 0.794. The summed E-state index contributed by atoms with van der Waals surface area (Å²) >= 11 is 0. The fourth-order valence-electron chi connectivity index (χ4n) is 10.5. The minimum absolute atomic E-state index is 0.431. The number of hydrogen-bond donors (Lipinski definition) is 0. The van der Waals surface area contributed by atoms with Gasteiger partial charge in [-0.1, -0.05) is 176 Å². The van der Waals surface area contributed by atoms with Crippen molar-refractivity contribution in [2.24, 2.45) is 0 Å². The van der Waals surface area contributed by atoms with Gasteiger partial charge in [0.15, 0.2) is 5.82 Å². The molecule has 0 fully saturated rings. The summed E-state index contributed by atoms with van der Waals surface area (Å²) in [6.07, 6.45) is 0. The monoisotopic (exact) mass is 761 g/mol. The number of nitrogens with zero attached hydrogens (tertiary/aromatic N) is 3. The molecule has 1 atom stereocenters. The molecule has 1 spiro atoms. The van der Waals surface area contributed by atoms with E-state index in [1.807, 2.05) is 0 Å². The molecule has 60 heavy (non-hydrogen) atoms. The fourth-order valence-corrected chi connectivity index (χ4v) is 10.5. The summed E-state index contributed by atoms with van der Waals surface area (Å²) in [5.41, 5.74) is 18.3. The van der Waals surface area contributed by atoms with E-state index in [0.29, 0.717) is 5.82 Å². The Morgan fingerprint density at radius 2 is 0.933 bits per heavy atom. The van der Waals surface area contributed by atoms with Gasteiger partial charge in [-0.05, 0) is 91.7 Å². The Kier molecular flexibility index (Phi) is 6.93. The van der Waals surface area contributed by atoms with Crippen LogP contribution >= 0.6 is 0 Å². The standard InChI is InChI=1S/C57H35N3/c1-2-16-37(17-3-1)51-35-52(59-56(58-51)39-18-14-19-40(33-39)60-53-27-12-8-22-43(53)44-23-9-13-28-54(44)60)38-30-31-49-46(34-38)42-21-6-10-25-47(42)57(49)48-26-11-7-24-45(48)55-41-20-5-4-15-36(41)29-32-50(55)57/h1-35H. The summed E-state index contributed by atoms with van der Waals surface area (Å²) in [4.78, 5) is 10.7. The number of fused-ring (bicyclic) bond motifs is 15. The predicted molar refractivity (Wildman–Crippen MR) is 246 cm³/mol. The molecule has 3 heteroatoms. The molecule has 0 saturated heterocycles. The van der Waals surface area contributed by atoms with Crippen LogP contribution in [0.25, 0.3) is 94.4 Å². The van der Waals surface area contributed by atoms with Crippen molar-refractivity contribution < 1.29 is 0 Å². The van der Waals surface area contributed by atoms with Gasteiger partial charge in [-0.15, -0.1) is 0 Å². The van der Waals surface area contributed by atoms with E-state index in [1.165, 1.54) is 77.1 Å². The van der Waals surface area contributed by atoms with Crippen LogP contribution in [0.4, 0.5) is 0 Å². The largest absolute Gasteiger partial charge is 0.309 e. The highest BCUT2D eigenvalue weighted by Gasteiger charge is 2.52. The zero-order valence-electron chi connectivity index (χ0n) is 32.5. The molecule has 11 aromatic rings. The van der Waals surface area contributed by atoms with Crippen molar-refractivity contribution in [2.45, 2.75) is 5.41 Å². The minimum Gasteiger partial charge on any atom is -0.309 e. The van der Waals surface area contributed by atoms with Crippen LogP contribution in [0.5, 0.6) is 0 Å². The van der Waals surface area contributed by atoms with Crippen LogP contribution in [0.2, 0.25) is 0 Å². The third-order valence-corrected chi connectivity index (χ3v) is 13.0. The molecule has 2 heterocycles. The molecule has 2 aliphatic carbocycles. The average molecular weight is 762 g/mol. The van der Waals surface area contributed by atoms with Gasteiger partial charge in [0, 0.05) is 33.2 Å². The Morgan fingerprint density at radius 3 is 1.72 bits per heavy atom. The Labute approximate surface area is 347 Å². The number of rotatable bonds is 4. The molecule has 278 valence electrons. The topological polar surface area (TPSA) is 30.7 Å². The van der Waals surface area contributed by atoms with E-state index in [-0.39, 0.29) is 0 Å². The van der Waals surface area contributed by atoms with E-state index in [0.717, 1.165) is 33.8 Å². The second kappa shape index (κ2) is 12.6. The van der Waals surface area contributed by atoms with Gasteiger partial charge in [0.1, 0.15) is 0 Å². The average Bonchev–Trinajstić information content (AvgIpc) is 3.93. The Bertz CT molecular complexity index is 3510. The van der Waals surface area contributed by atoms with Crippen LogP contribution in [0.1, 0.15) is 22.3 Å². The summed E-state index contributed by atoms with van der Waals surface area (Å²) < 4.78 is 2.35. The molecule has 1 unspecified atom stereocenters. The molecule has 0 bridgehead atoms. The zero-order valence-corrected chi connectivity index (χ0v) is 32.5. The normalized spacial score (nSPS) is 14.7. The van der Waals surface area contributed by atoms with Crippen molar-refractivity contribution in [3.05, 3.63) is 235 Å². The van der Waals surface area contributed by atoms with Gasteiger partial charge in [0.25, 0.3) is 0 Å². The smallest absolute Gasteiger partial charge is 0.160 e. The van der Waals surface area contributed by atoms with Crippen LogP contribution in [0, 0.1) is 0 Å². The first-order valence-electron chi connectivity index (χ1n) is 20.7. The molecule has 2 aliphatic rings. The lowest BCUT2D eigenvalue weighted by Crippen LogP contribution is -2.25. The maximum absolute atomic E-state index is 5.40. The van der Waals surface area contributed by atoms with Gasteiger partial charge in [-0.2, -0.15) is 0 Å². The summed E-state index contributed by atoms with van der Waals surface area (Å²) in [5.74, 6) is 0.692. The molecule has 0 N–H and O–H groups in total. The van der Waals surface area contributed by atoms with Crippen molar-refractivity contribution in [1.82, 2.24) is 14.5 Å². The molecular formula is C57H35N3. The second-order valence-electron chi connectivity index (χ2n) is 16.1. The SMILES string of the molecule is c1ccc(-c2cc(-c3ccc4c(c3)-c3ccccc3C43c4ccccc4-c4c3ccc3ccccc43)nc(-c3cccc(-n4c5ccccc5c5ccccc54)c3)n2)cc1. The minimum atomic E-state index is -0.431. The summed E-state index contributed by atoms with van der Waals surface area (Å²) in [7, 11) is 0. The Morgan fingerprint density at radius 1 is 0.350 bits per heavy atom. The Balaban J connectivity index is 1.01. The quantitative estimate of drug-likeness (QED) is 0.179. The first-order valence-corrected chi connectivity index (χ1v) is 20.7. The maximum Gasteiger partial charge on any atom is 0.160 e. The summed E-state index contributed by atoms with van der Waals surface area (Å²) in [6.45, 7) is 0. The van der Waals surface area contributed by atoms with Crippen LogP contribution < -0.4 is 0 Å². The van der Waals surface area contributed by atoms with Crippen molar-refractivity contribution in [3.63, 3.8) is 0 Å².